The second-order valence-electron chi connectivity index (χ2n) is 5.10. The molecular weight excluding hydrogens is 349 g/mol. The molecular formula is C17H13Cl2N3O2. The number of carbonyl (C=O) groups is 1. The molecule has 2 N–H and O–H groups in total. The lowest BCUT2D eigenvalue weighted by molar-refractivity contribution is 0.101. The number of anilines is 1. The van der Waals surface area contributed by atoms with Gasteiger partial charge in [0.15, 0.2) is 0 Å². The lowest BCUT2D eigenvalue weighted by Crippen LogP contribution is -2.24. The first-order valence-electron chi connectivity index (χ1n) is 7.14. The maximum Gasteiger partial charge on any atom is 0.326 e. The van der Waals surface area contributed by atoms with E-state index in [0.29, 0.717) is 15.7 Å². The summed E-state index contributed by atoms with van der Waals surface area (Å²) in [5.74, 6) is -0.473. The molecule has 1 amide bonds. The number of aromatic nitrogens is 2. The van der Waals surface area contributed by atoms with Crippen LogP contribution in [0.25, 0.3) is 0 Å². The van der Waals surface area contributed by atoms with E-state index in [0.717, 1.165) is 5.56 Å². The molecule has 0 unspecified atom stereocenters. The molecule has 0 saturated carbocycles. The summed E-state index contributed by atoms with van der Waals surface area (Å²) in [6.45, 7) is 0.280. The maximum atomic E-state index is 12.5. The number of halogens is 2. The minimum atomic E-state index is -0.473. The first kappa shape index (κ1) is 16.4. The van der Waals surface area contributed by atoms with E-state index in [2.05, 4.69) is 10.3 Å². The molecule has 5 nitrogen and oxygen atoms in total. The number of imidazole rings is 1. The van der Waals surface area contributed by atoms with Crippen molar-refractivity contribution >= 4 is 34.8 Å². The van der Waals surface area contributed by atoms with Crippen LogP contribution in [0.1, 0.15) is 16.1 Å². The van der Waals surface area contributed by atoms with Gasteiger partial charge in [-0.05, 0) is 17.7 Å². The Bertz CT molecular complexity index is 912. The summed E-state index contributed by atoms with van der Waals surface area (Å²) in [6.07, 6.45) is 1.37. The molecule has 0 spiro atoms. The van der Waals surface area contributed by atoms with Gasteiger partial charge in [0.25, 0.3) is 5.91 Å². The van der Waals surface area contributed by atoms with Crippen molar-refractivity contribution in [3.05, 3.63) is 86.5 Å². The number of amides is 1. The fraction of sp³-hybridized carbons (Fsp3) is 0.0588. The van der Waals surface area contributed by atoms with Crippen LogP contribution in [0, 0.1) is 0 Å². The van der Waals surface area contributed by atoms with Crippen molar-refractivity contribution in [3.63, 3.8) is 0 Å². The summed E-state index contributed by atoms with van der Waals surface area (Å²) < 4.78 is 1.36. The van der Waals surface area contributed by atoms with Gasteiger partial charge in [0, 0.05) is 6.20 Å². The molecule has 0 aliphatic carbocycles. The number of para-hydroxylation sites is 1. The number of rotatable bonds is 4. The highest BCUT2D eigenvalue weighted by molar-refractivity contribution is 6.40. The number of benzene rings is 2. The van der Waals surface area contributed by atoms with Gasteiger partial charge in [-0.25, -0.2) is 4.79 Å². The van der Waals surface area contributed by atoms with Gasteiger partial charge in [-0.1, -0.05) is 59.6 Å². The van der Waals surface area contributed by atoms with Crippen LogP contribution >= 0.6 is 23.2 Å². The quantitative estimate of drug-likeness (QED) is 0.742. The van der Waals surface area contributed by atoms with Crippen LogP contribution in [-0.2, 0) is 6.54 Å². The van der Waals surface area contributed by atoms with E-state index >= 15 is 0 Å². The van der Waals surface area contributed by atoms with Crippen LogP contribution in [0.4, 0.5) is 5.69 Å². The van der Waals surface area contributed by atoms with Gasteiger partial charge >= 0.3 is 5.69 Å². The predicted octanol–water partition coefficient (Wildman–Crippen LogP) is 3.78. The summed E-state index contributed by atoms with van der Waals surface area (Å²) in [4.78, 5) is 27.1. The average molecular weight is 362 g/mol. The normalized spacial score (nSPS) is 10.6. The van der Waals surface area contributed by atoms with Crippen LogP contribution in [-0.4, -0.2) is 15.5 Å². The molecule has 1 heterocycles. The third-order valence-electron chi connectivity index (χ3n) is 3.49. The van der Waals surface area contributed by atoms with Crippen LogP contribution in [0.3, 0.4) is 0 Å². The number of carbonyl (C=O) groups excluding carboxylic acids is 1. The van der Waals surface area contributed by atoms with Crippen molar-refractivity contribution in [2.45, 2.75) is 6.54 Å². The van der Waals surface area contributed by atoms with Crippen LogP contribution < -0.4 is 11.0 Å². The van der Waals surface area contributed by atoms with Crippen molar-refractivity contribution in [2.24, 2.45) is 0 Å². The molecule has 0 bridgehead atoms. The number of nitrogens with zero attached hydrogens (tertiary/aromatic N) is 1. The molecule has 24 heavy (non-hydrogen) atoms. The zero-order chi connectivity index (χ0) is 17.1. The highest BCUT2D eigenvalue weighted by Gasteiger charge is 2.17. The van der Waals surface area contributed by atoms with Gasteiger partial charge in [-0.15, -0.1) is 0 Å². The van der Waals surface area contributed by atoms with Crippen molar-refractivity contribution < 1.29 is 4.79 Å². The monoisotopic (exact) mass is 361 g/mol. The fourth-order valence-electron chi connectivity index (χ4n) is 2.30. The molecule has 0 saturated heterocycles. The van der Waals surface area contributed by atoms with E-state index in [9.17, 15) is 9.59 Å². The van der Waals surface area contributed by atoms with Crippen molar-refractivity contribution in [3.8, 4) is 0 Å². The van der Waals surface area contributed by atoms with Gasteiger partial charge in [0.05, 0.1) is 22.3 Å². The highest BCUT2D eigenvalue weighted by atomic mass is 35.5. The Labute approximate surface area is 147 Å². The van der Waals surface area contributed by atoms with Gasteiger partial charge in [0.1, 0.15) is 5.69 Å². The Hall–Kier alpha value is -2.50. The van der Waals surface area contributed by atoms with E-state index in [1.165, 1.54) is 10.8 Å². The molecule has 3 aromatic rings. The summed E-state index contributed by atoms with van der Waals surface area (Å²) in [6, 6.07) is 14.3. The van der Waals surface area contributed by atoms with E-state index < -0.39 is 5.91 Å². The Morgan fingerprint density at radius 2 is 1.71 bits per heavy atom. The Balaban J connectivity index is 1.90. The smallest absolute Gasteiger partial charge is 0.318 e. The number of aromatic amines is 1. The van der Waals surface area contributed by atoms with E-state index in [-0.39, 0.29) is 17.9 Å². The van der Waals surface area contributed by atoms with Crippen molar-refractivity contribution in [1.29, 1.82) is 0 Å². The van der Waals surface area contributed by atoms with Crippen LogP contribution in [0.15, 0.2) is 59.5 Å². The topological polar surface area (TPSA) is 66.9 Å². The Kier molecular flexibility index (Phi) is 4.74. The molecule has 0 fully saturated rings. The largest absolute Gasteiger partial charge is 0.326 e. The number of hydrogen-bond acceptors (Lipinski definition) is 2. The van der Waals surface area contributed by atoms with Crippen LogP contribution in [0.5, 0.6) is 0 Å². The zero-order valence-electron chi connectivity index (χ0n) is 12.4. The minimum Gasteiger partial charge on any atom is -0.318 e. The molecule has 1 aromatic heterocycles. The Morgan fingerprint density at radius 3 is 2.38 bits per heavy atom. The van der Waals surface area contributed by atoms with E-state index in [1.54, 1.807) is 18.2 Å². The number of nitrogens with one attached hydrogen (secondary N) is 2. The summed E-state index contributed by atoms with van der Waals surface area (Å²) in [5, 5.41) is 3.30. The average Bonchev–Trinajstić information content (AvgIpc) is 2.93. The molecule has 0 atom stereocenters. The van der Waals surface area contributed by atoms with E-state index in [4.69, 9.17) is 23.2 Å². The summed E-state index contributed by atoms with van der Waals surface area (Å²) in [5.41, 5.74) is 1.05. The molecule has 7 heteroatoms. The van der Waals surface area contributed by atoms with Crippen molar-refractivity contribution in [2.75, 3.05) is 5.32 Å². The predicted molar refractivity (Wildman–Crippen MR) is 95.0 cm³/mol. The first-order valence-corrected chi connectivity index (χ1v) is 7.89. The van der Waals surface area contributed by atoms with Gasteiger partial charge in [0.2, 0.25) is 0 Å². The molecule has 3 rings (SSSR count). The fourth-order valence-corrected chi connectivity index (χ4v) is 2.79. The van der Waals surface area contributed by atoms with Crippen LogP contribution in [0.2, 0.25) is 10.0 Å². The highest BCUT2D eigenvalue weighted by Crippen LogP contribution is 2.30. The zero-order valence-corrected chi connectivity index (χ0v) is 13.9. The number of H-pyrrole nitrogens is 1. The van der Waals surface area contributed by atoms with Crippen molar-refractivity contribution in [1.82, 2.24) is 9.55 Å². The third-order valence-corrected chi connectivity index (χ3v) is 4.12. The lowest BCUT2D eigenvalue weighted by Gasteiger charge is -2.10. The van der Waals surface area contributed by atoms with Gasteiger partial charge < -0.3 is 10.3 Å². The molecule has 0 radical (unpaired) electrons. The molecule has 0 aliphatic heterocycles. The lowest BCUT2D eigenvalue weighted by atomic mass is 10.2. The Morgan fingerprint density at radius 1 is 1.04 bits per heavy atom. The summed E-state index contributed by atoms with van der Waals surface area (Å²) in [7, 11) is 0. The molecule has 0 aliphatic rings. The summed E-state index contributed by atoms with van der Waals surface area (Å²) >= 11 is 12.1. The molecule has 2 aromatic carbocycles. The SMILES string of the molecule is O=C(Nc1c(Cl)cccc1Cl)c1c[nH]c(=O)n1Cc1ccccc1. The third kappa shape index (κ3) is 3.37. The maximum absolute atomic E-state index is 12.5. The molecule has 122 valence electrons. The van der Waals surface area contributed by atoms with Gasteiger partial charge in [-0.3, -0.25) is 9.36 Å². The number of hydrogen-bond donors (Lipinski definition) is 2. The minimum absolute atomic E-state index is 0.194. The second kappa shape index (κ2) is 6.95. The standard InChI is InChI=1S/C17H13Cl2N3O2/c18-12-7-4-8-13(19)15(12)21-16(23)14-9-20-17(24)22(14)10-11-5-2-1-3-6-11/h1-9H,10H2,(H,20,24)(H,21,23). The van der Waals surface area contributed by atoms with Gasteiger partial charge in [-0.2, -0.15) is 0 Å². The first-order chi connectivity index (χ1) is 11.6. The van der Waals surface area contributed by atoms with E-state index in [1.807, 2.05) is 30.3 Å². The second-order valence-corrected chi connectivity index (χ2v) is 5.92.